The molecule has 0 aliphatic carbocycles. The van der Waals surface area contributed by atoms with Crippen molar-refractivity contribution in [3.8, 4) is 0 Å². The van der Waals surface area contributed by atoms with E-state index in [0.717, 1.165) is 0 Å². The Morgan fingerprint density at radius 1 is 1.75 bits per heavy atom. The molecule has 8 heavy (non-hydrogen) atoms. The average molecular weight is 114 g/mol. The van der Waals surface area contributed by atoms with Gasteiger partial charge in [0, 0.05) is 5.57 Å². The summed E-state index contributed by atoms with van der Waals surface area (Å²) < 4.78 is 0. The first-order valence-corrected chi connectivity index (χ1v) is 2.36. The lowest BCUT2D eigenvalue weighted by Gasteiger charge is -1.96. The van der Waals surface area contributed by atoms with E-state index < -0.39 is 0 Å². The minimum atomic E-state index is -0.147. The lowest BCUT2D eigenvalue weighted by Crippen LogP contribution is -1.91. The summed E-state index contributed by atoms with van der Waals surface area (Å²) in [4.78, 5) is 0. The molecule has 0 amide bonds. The lowest BCUT2D eigenvalue weighted by molar-refractivity contribution is 0.315. The van der Waals surface area contributed by atoms with Crippen LogP contribution in [0.2, 0.25) is 0 Å². The fourth-order valence-corrected chi connectivity index (χ4v) is 0.349. The van der Waals surface area contributed by atoms with Crippen molar-refractivity contribution in [2.24, 2.45) is 0 Å². The van der Waals surface area contributed by atoms with Crippen LogP contribution < -0.4 is 0 Å². The molecule has 2 nitrogen and oxygen atoms in total. The summed E-state index contributed by atoms with van der Waals surface area (Å²) in [5, 5.41) is 17.0. The summed E-state index contributed by atoms with van der Waals surface area (Å²) in [5.74, 6) is -0.0602. The normalized spacial score (nSPS) is 11.5. The van der Waals surface area contributed by atoms with Gasteiger partial charge >= 0.3 is 0 Å². The Labute approximate surface area is 48.8 Å². The topological polar surface area (TPSA) is 40.5 Å². The molecule has 0 saturated carbocycles. The maximum absolute atomic E-state index is 8.59. The van der Waals surface area contributed by atoms with E-state index in [-0.39, 0.29) is 12.4 Å². The number of hydrogen-bond acceptors (Lipinski definition) is 2. The third kappa shape index (κ3) is 1.80. The van der Waals surface area contributed by atoms with Crippen LogP contribution in [-0.2, 0) is 0 Å². The minimum absolute atomic E-state index is 0.0602. The first kappa shape index (κ1) is 7.24. The Balaban J connectivity index is 3.92. The Hall–Kier alpha value is -0.760. The maximum Gasteiger partial charge on any atom is 0.113 e. The second kappa shape index (κ2) is 3.27. The van der Waals surface area contributed by atoms with Crippen molar-refractivity contribution >= 4 is 0 Å². The Kier molecular flexibility index (Phi) is 2.96. The highest BCUT2D eigenvalue weighted by molar-refractivity contribution is 5.20. The van der Waals surface area contributed by atoms with Crippen molar-refractivity contribution in [1.29, 1.82) is 0 Å². The molecule has 0 radical (unpaired) electrons. The first-order valence-electron chi connectivity index (χ1n) is 2.36. The zero-order valence-corrected chi connectivity index (χ0v) is 4.89. The summed E-state index contributed by atoms with van der Waals surface area (Å²) in [6.45, 7) is 4.81. The van der Waals surface area contributed by atoms with Gasteiger partial charge < -0.3 is 10.2 Å². The second-order valence-corrected chi connectivity index (χ2v) is 1.42. The Bertz CT molecular complexity index is 114. The van der Waals surface area contributed by atoms with Crippen molar-refractivity contribution in [3.63, 3.8) is 0 Å². The molecule has 2 N–H and O–H groups in total. The quantitative estimate of drug-likeness (QED) is 0.415. The first-order chi connectivity index (χ1) is 3.72. The number of aliphatic hydroxyl groups is 2. The van der Waals surface area contributed by atoms with Crippen LogP contribution in [0.5, 0.6) is 0 Å². The zero-order valence-electron chi connectivity index (χ0n) is 4.89. The molecule has 0 heterocycles. The van der Waals surface area contributed by atoms with Crippen LogP contribution in [0.15, 0.2) is 24.0 Å². The smallest absolute Gasteiger partial charge is 0.113 e. The van der Waals surface area contributed by atoms with Gasteiger partial charge in [-0.2, -0.15) is 0 Å². The van der Waals surface area contributed by atoms with Gasteiger partial charge in [0.1, 0.15) is 5.76 Å². The van der Waals surface area contributed by atoms with Crippen LogP contribution in [0.4, 0.5) is 0 Å². The lowest BCUT2D eigenvalue weighted by atomic mass is 10.2. The standard InChI is InChI=1S/C6H10O2/c1-3-6(4-7)5(2)8/h3,7-8H,2,4H2,1H3/b6-3-. The summed E-state index contributed by atoms with van der Waals surface area (Å²) in [6.07, 6.45) is 1.61. The zero-order chi connectivity index (χ0) is 6.57. The van der Waals surface area contributed by atoms with E-state index >= 15 is 0 Å². The monoisotopic (exact) mass is 114 g/mol. The van der Waals surface area contributed by atoms with E-state index in [9.17, 15) is 0 Å². The van der Waals surface area contributed by atoms with E-state index in [4.69, 9.17) is 10.2 Å². The predicted octanol–water partition coefficient (Wildman–Crippen LogP) is 0.997. The molecule has 0 fully saturated rings. The van der Waals surface area contributed by atoms with E-state index in [1.807, 2.05) is 0 Å². The molecular formula is C6H10O2. The van der Waals surface area contributed by atoms with Crippen LogP contribution in [-0.4, -0.2) is 16.8 Å². The molecule has 0 saturated heterocycles. The molecule has 0 aliphatic rings. The Morgan fingerprint density at radius 3 is 2.25 bits per heavy atom. The van der Waals surface area contributed by atoms with Gasteiger partial charge in [-0.15, -0.1) is 0 Å². The number of hydrogen-bond donors (Lipinski definition) is 2. The van der Waals surface area contributed by atoms with Gasteiger partial charge in [-0.3, -0.25) is 0 Å². The van der Waals surface area contributed by atoms with Gasteiger partial charge in [-0.05, 0) is 6.92 Å². The number of rotatable bonds is 2. The molecule has 46 valence electrons. The van der Waals surface area contributed by atoms with Crippen molar-refractivity contribution in [2.45, 2.75) is 6.92 Å². The molecule has 0 aromatic rings. The molecule has 0 bridgehead atoms. The van der Waals surface area contributed by atoms with E-state index in [2.05, 4.69) is 6.58 Å². The molecule has 2 heteroatoms. The molecule has 0 aliphatic heterocycles. The van der Waals surface area contributed by atoms with Crippen molar-refractivity contribution < 1.29 is 10.2 Å². The van der Waals surface area contributed by atoms with Gasteiger partial charge in [0.2, 0.25) is 0 Å². The molecule has 0 spiro atoms. The third-order valence-electron chi connectivity index (χ3n) is 0.889. The molecular weight excluding hydrogens is 104 g/mol. The predicted molar refractivity (Wildman–Crippen MR) is 32.6 cm³/mol. The summed E-state index contributed by atoms with van der Waals surface area (Å²) >= 11 is 0. The highest BCUT2D eigenvalue weighted by Gasteiger charge is 1.93. The maximum atomic E-state index is 8.59. The number of aliphatic hydroxyl groups excluding tert-OH is 2. The van der Waals surface area contributed by atoms with Crippen molar-refractivity contribution in [3.05, 3.63) is 24.0 Å². The van der Waals surface area contributed by atoms with Crippen LogP contribution in [0.25, 0.3) is 0 Å². The third-order valence-corrected chi connectivity index (χ3v) is 0.889. The SMILES string of the molecule is C=C(O)/C(=C\C)CO. The van der Waals surface area contributed by atoms with E-state index in [1.54, 1.807) is 13.0 Å². The average Bonchev–Trinajstić information content (AvgIpc) is 1.69. The van der Waals surface area contributed by atoms with Gasteiger partial charge in [0.15, 0.2) is 0 Å². The fraction of sp³-hybridized carbons (Fsp3) is 0.333. The second-order valence-electron chi connectivity index (χ2n) is 1.42. The van der Waals surface area contributed by atoms with Crippen LogP contribution in [0.3, 0.4) is 0 Å². The largest absolute Gasteiger partial charge is 0.508 e. The van der Waals surface area contributed by atoms with E-state index in [0.29, 0.717) is 5.57 Å². The summed E-state index contributed by atoms with van der Waals surface area (Å²) in [6, 6.07) is 0. The van der Waals surface area contributed by atoms with Gasteiger partial charge in [0.05, 0.1) is 6.61 Å². The molecule has 0 aromatic heterocycles. The molecule has 0 aromatic carbocycles. The fourth-order valence-electron chi connectivity index (χ4n) is 0.349. The minimum Gasteiger partial charge on any atom is -0.508 e. The van der Waals surface area contributed by atoms with Crippen molar-refractivity contribution in [2.75, 3.05) is 6.61 Å². The Morgan fingerprint density at radius 2 is 2.25 bits per heavy atom. The summed E-state index contributed by atoms with van der Waals surface area (Å²) in [5.41, 5.74) is 0.477. The highest BCUT2D eigenvalue weighted by Crippen LogP contribution is 2.00. The number of allylic oxidation sites excluding steroid dienone is 1. The molecule has 0 atom stereocenters. The van der Waals surface area contributed by atoms with Crippen molar-refractivity contribution in [1.82, 2.24) is 0 Å². The summed E-state index contributed by atoms with van der Waals surface area (Å²) in [7, 11) is 0. The van der Waals surface area contributed by atoms with Crippen LogP contribution in [0.1, 0.15) is 6.92 Å². The van der Waals surface area contributed by atoms with Crippen LogP contribution in [0, 0.1) is 0 Å². The molecule has 0 unspecified atom stereocenters. The van der Waals surface area contributed by atoms with Gasteiger partial charge in [-0.25, -0.2) is 0 Å². The van der Waals surface area contributed by atoms with Gasteiger partial charge in [0.25, 0.3) is 0 Å². The van der Waals surface area contributed by atoms with Crippen LogP contribution >= 0.6 is 0 Å². The van der Waals surface area contributed by atoms with Gasteiger partial charge in [-0.1, -0.05) is 12.7 Å². The molecule has 0 rings (SSSR count). The highest BCUT2D eigenvalue weighted by atomic mass is 16.3. The van der Waals surface area contributed by atoms with E-state index in [1.165, 1.54) is 0 Å².